The molecule has 0 radical (unpaired) electrons. The number of sulfonamides is 1. The van der Waals surface area contributed by atoms with Gasteiger partial charge in [-0.2, -0.15) is 0 Å². The Morgan fingerprint density at radius 3 is 2.65 bits per heavy atom. The van der Waals surface area contributed by atoms with E-state index >= 15 is 0 Å². The van der Waals surface area contributed by atoms with Crippen LogP contribution in [-0.4, -0.2) is 31.4 Å². The first-order valence-corrected chi connectivity index (χ1v) is 6.80. The Labute approximate surface area is 98.8 Å². The summed E-state index contributed by atoms with van der Waals surface area (Å²) in [6.45, 7) is 0.424. The first-order valence-electron chi connectivity index (χ1n) is 5.19. The van der Waals surface area contributed by atoms with Crippen LogP contribution in [0.15, 0.2) is 23.5 Å². The van der Waals surface area contributed by atoms with Crippen LogP contribution in [0.1, 0.15) is 12.8 Å². The van der Waals surface area contributed by atoms with Crippen LogP contribution < -0.4 is 5.14 Å². The van der Waals surface area contributed by atoms with Gasteiger partial charge in [0.25, 0.3) is 0 Å². The number of carboxylic acid groups (broad SMARTS) is 1. The van der Waals surface area contributed by atoms with Gasteiger partial charge in [0.1, 0.15) is 16.6 Å². The second kappa shape index (κ2) is 4.15. The van der Waals surface area contributed by atoms with Crippen LogP contribution in [-0.2, 0) is 19.6 Å². The summed E-state index contributed by atoms with van der Waals surface area (Å²) in [7, 11) is -3.96. The van der Waals surface area contributed by atoms with Crippen molar-refractivity contribution in [2.24, 2.45) is 11.1 Å². The Balaban J connectivity index is 2.22. The van der Waals surface area contributed by atoms with Gasteiger partial charge in [-0.25, -0.2) is 18.4 Å². The minimum absolute atomic E-state index is 0.100. The van der Waals surface area contributed by atoms with Crippen LogP contribution >= 0.6 is 0 Å². The molecule has 0 aromatic rings. The van der Waals surface area contributed by atoms with Gasteiger partial charge < -0.3 is 9.84 Å². The number of rotatable bonds is 5. The molecule has 0 spiro atoms. The smallest absolute Gasteiger partial charge is 0.337 e. The van der Waals surface area contributed by atoms with Gasteiger partial charge in [0, 0.05) is 0 Å². The van der Waals surface area contributed by atoms with Gasteiger partial charge in [0.2, 0.25) is 10.0 Å². The quantitative estimate of drug-likeness (QED) is 0.721. The van der Waals surface area contributed by atoms with E-state index in [9.17, 15) is 13.2 Å². The minimum atomic E-state index is -3.96. The lowest BCUT2D eigenvalue weighted by atomic mass is 10.2. The molecule has 6 nitrogen and oxygen atoms in total. The predicted molar refractivity (Wildman–Crippen MR) is 59.4 cm³/mol. The van der Waals surface area contributed by atoms with Crippen LogP contribution in [0, 0.1) is 5.92 Å². The second-order valence-electron chi connectivity index (χ2n) is 4.21. The van der Waals surface area contributed by atoms with E-state index in [1.165, 1.54) is 12.2 Å². The van der Waals surface area contributed by atoms with Crippen molar-refractivity contribution >= 4 is 16.0 Å². The fourth-order valence-electron chi connectivity index (χ4n) is 1.62. The van der Waals surface area contributed by atoms with Crippen molar-refractivity contribution in [1.29, 1.82) is 0 Å². The maximum atomic E-state index is 11.2. The fraction of sp³-hybridized carbons (Fsp3) is 0.500. The van der Waals surface area contributed by atoms with Crippen LogP contribution in [0.5, 0.6) is 0 Å². The molecule has 2 aliphatic rings. The topological polar surface area (TPSA) is 107 Å². The summed E-state index contributed by atoms with van der Waals surface area (Å²) in [6, 6.07) is 0. The number of allylic oxidation sites excluding steroid dienone is 1. The summed E-state index contributed by atoms with van der Waals surface area (Å²) >= 11 is 0. The van der Waals surface area contributed by atoms with E-state index in [-0.39, 0.29) is 11.3 Å². The van der Waals surface area contributed by atoms with Gasteiger partial charge in [-0.15, -0.1) is 0 Å². The van der Waals surface area contributed by atoms with E-state index in [1.54, 1.807) is 0 Å². The molecule has 94 valence electrons. The third-order valence-corrected chi connectivity index (χ3v) is 3.83. The zero-order valence-electron chi connectivity index (χ0n) is 9.00. The van der Waals surface area contributed by atoms with Crippen LogP contribution in [0.4, 0.5) is 0 Å². The fourth-order valence-corrected chi connectivity index (χ4v) is 2.46. The van der Waals surface area contributed by atoms with Gasteiger partial charge >= 0.3 is 5.97 Å². The maximum Gasteiger partial charge on any atom is 0.337 e. The summed E-state index contributed by atoms with van der Waals surface area (Å²) in [5, 5.41) is 12.7. The summed E-state index contributed by atoms with van der Waals surface area (Å²) < 4.78 is 27.8. The molecule has 0 saturated heterocycles. The van der Waals surface area contributed by atoms with Crippen molar-refractivity contribution in [3.8, 4) is 0 Å². The molecular formula is C10H13NO5S. The van der Waals surface area contributed by atoms with Crippen molar-refractivity contribution in [3.63, 3.8) is 0 Å². The maximum absolute atomic E-state index is 11.2. The average molecular weight is 259 g/mol. The van der Waals surface area contributed by atoms with Gasteiger partial charge in [0.15, 0.2) is 0 Å². The molecule has 2 rings (SSSR count). The van der Waals surface area contributed by atoms with Gasteiger partial charge in [-0.05, 0) is 24.8 Å². The Hall–Kier alpha value is -1.34. The van der Waals surface area contributed by atoms with Crippen LogP contribution in [0.3, 0.4) is 0 Å². The molecule has 0 aromatic heterocycles. The monoisotopic (exact) mass is 259 g/mol. The average Bonchev–Trinajstić information content (AvgIpc) is 2.91. The number of nitrogens with two attached hydrogens (primary N) is 1. The van der Waals surface area contributed by atoms with E-state index in [0.717, 1.165) is 12.8 Å². The van der Waals surface area contributed by atoms with E-state index in [0.29, 0.717) is 12.5 Å². The molecule has 17 heavy (non-hydrogen) atoms. The van der Waals surface area contributed by atoms with Crippen molar-refractivity contribution in [1.82, 2.24) is 0 Å². The molecule has 7 heteroatoms. The molecular weight excluding hydrogens is 246 g/mol. The third-order valence-electron chi connectivity index (χ3n) is 2.73. The molecule has 1 atom stereocenters. The van der Waals surface area contributed by atoms with E-state index < -0.39 is 21.2 Å². The lowest BCUT2D eigenvalue weighted by molar-refractivity contribution is -0.132. The van der Waals surface area contributed by atoms with Crippen molar-refractivity contribution in [2.75, 3.05) is 6.61 Å². The number of primary sulfonamides is 1. The van der Waals surface area contributed by atoms with Gasteiger partial charge in [0.05, 0.1) is 6.61 Å². The highest BCUT2D eigenvalue weighted by atomic mass is 32.2. The molecule has 1 unspecified atom stereocenters. The largest absolute Gasteiger partial charge is 0.493 e. The molecule has 2 aliphatic carbocycles. The number of carbonyl (C=O) groups is 1. The first kappa shape index (κ1) is 12.1. The second-order valence-corrected chi connectivity index (χ2v) is 5.89. The number of hydrogen-bond donors (Lipinski definition) is 2. The SMILES string of the molecule is NS(=O)(=O)C1C=CC(OCC2CC2)=C1C(=O)O. The van der Waals surface area contributed by atoms with Crippen molar-refractivity contribution < 1.29 is 23.1 Å². The zero-order valence-corrected chi connectivity index (χ0v) is 9.81. The van der Waals surface area contributed by atoms with Crippen molar-refractivity contribution in [2.45, 2.75) is 18.1 Å². The molecule has 0 heterocycles. The summed E-state index contributed by atoms with van der Waals surface area (Å²) in [6.07, 6.45) is 4.73. The highest BCUT2D eigenvalue weighted by molar-refractivity contribution is 7.90. The summed E-state index contributed by atoms with van der Waals surface area (Å²) in [5.41, 5.74) is -0.298. The Bertz CT molecular complexity index is 501. The van der Waals surface area contributed by atoms with E-state index in [1.807, 2.05) is 0 Å². The molecule has 3 N–H and O–H groups in total. The molecule has 0 aromatic carbocycles. The number of carboxylic acids is 1. The summed E-state index contributed by atoms with van der Waals surface area (Å²) in [4.78, 5) is 11.0. The molecule has 1 saturated carbocycles. The number of aliphatic carboxylic acids is 1. The van der Waals surface area contributed by atoms with Gasteiger partial charge in [-0.3, -0.25) is 0 Å². The number of ether oxygens (including phenoxy) is 1. The van der Waals surface area contributed by atoms with Crippen LogP contribution in [0.2, 0.25) is 0 Å². The normalized spacial score (nSPS) is 24.2. The summed E-state index contributed by atoms with van der Waals surface area (Å²) in [5.74, 6) is -0.761. The van der Waals surface area contributed by atoms with E-state index in [2.05, 4.69) is 0 Å². The zero-order chi connectivity index (χ0) is 12.6. The highest BCUT2D eigenvalue weighted by Crippen LogP contribution is 2.32. The molecule has 0 aliphatic heterocycles. The standard InChI is InChI=1S/C10H13NO5S/c11-17(14,15)8-4-3-7(9(8)10(12)13)16-5-6-1-2-6/h3-4,6,8H,1-2,5H2,(H,12,13)(H2,11,14,15). The number of hydrogen-bond acceptors (Lipinski definition) is 4. The lowest BCUT2D eigenvalue weighted by Gasteiger charge is -2.10. The minimum Gasteiger partial charge on any atom is -0.493 e. The predicted octanol–water partition coefficient (Wildman–Crippen LogP) is -0.0214. The highest BCUT2D eigenvalue weighted by Gasteiger charge is 2.35. The molecule has 1 fully saturated rings. The van der Waals surface area contributed by atoms with Crippen LogP contribution in [0.25, 0.3) is 0 Å². The Morgan fingerprint density at radius 2 is 2.18 bits per heavy atom. The Morgan fingerprint density at radius 1 is 1.53 bits per heavy atom. The third kappa shape index (κ3) is 2.67. The van der Waals surface area contributed by atoms with Crippen molar-refractivity contribution in [3.05, 3.63) is 23.5 Å². The first-order chi connectivity index (χ1) is 7.89. The lowest BCUT2D eigenvalue weighted by Crippen LogP contribution is -2.30. The van der Waals surface area contributed by atoms with Gasteiger partial charge in [-0.1, -0.05) is 6.08 Å². The van der Waals surface area contributed by atoms with E-state index in [4.69, 9.17) is 15.0 Å². The Kier molecular flexibility index (Phi) is 2.96. The molecule has 0 amide bonds. The molecule has 0 bridgehead atoms.